The Hall–Kier alpha value is -2.00. The summed E-state index contributed by atoms with van der Waals surface area (Å²) in [6.07, 6.45) is 1.53. The number of rotatable bonds is 3. The van der Waals surface area contributed by atoms with E-state index in [9.17, 15) is 4.79 Å². The monoisotopic (exact) mass is 329 g/mol. The Morgan fingerprint density at radius 3 is 2.61 bits per heavy atom. The summed E-state index contributed by atoms with van der Waals surface area (Å²) in [4.78, 5) is 12.6. The normalized spacial score (nSPS) is 20.4. The number of methoxy groups -OCH3 is 1. The van der Waals surface area contributed by atoms with Crippen molar-refractivity contribution in [1.82, 2.24) is 0 Å². The molecule has 0 bridgehead atoms. The van der Waals surface area contributed by atoms with Crippen molar-refractivity contribution < 1.29 is 9.53 Å². The maximum Gasteiger partial charge on any atom is 0.228 e. The third-order valence-corrected chi connectivity index (χ3v) is 4.96. The fourth-order valence-corrected chi connectivity index (χ4v) is 3.58. The third-order valence-electron chi connectivity index (χ3n) is 4.61. The van der Waals surface area contributed by atoms with E-state index in [1.807, 2.05) is 42.5 Å². The molecule has 1 aliphatic rings. The van der Waals surface area contributed by atoms with Gasteiger partial charge in [0.2, 0.25) is 5.91 Å². The highest BCUT2D eigenvalue weighted by molar-refractivity contribution is 6.31. The molecule has 2 atom stereocenters. The summed E-state index contributed by atoms with van der Waals surface area (Å²) in [5.74, 6) is 0.909. The van der Waals surface area contributed by atoms with Crippen molar-refractivity contribution in [2.45, 2.75) is 25.7 Å². The number of ether oxygens (including phenoxy) is 1. The van der Waals surface area contributed by atoms with Crippen molar-refractivity contribution in [2.75, 3.05) is 12.4 Å². The molecular weight excluding hydrogens is 310 g/mol. The lowest BCUT2D eigenvalue weighted by atomic mass is 9.80. The zero-order valence-electron chi connectivity index (χ0n) is 13.3. The number of hydrogen-bond acceptors (Lipinski definition) is 2. The highest BCUT2D eigenvalue weighted by atomic mass is 35.5. The summed E-state index contributed by atoms with van der Waals surface area (Å²) >= 11 is 6.38. The quantitative estimate of drug-likeness (QED) is 0.889. The number of hydrogen-bond donors (Lipinski definition) is 1. The van der Waals surface area contributed by atoms with Gasteiger partial charge in [-0.2, -0.15) is 0 Å². The lowest BCUT2D eigenvalue weighted by Crippen LogP contribution is -2.26. The zero-order valence-corrected chi connectivity index (χ0v) is 14.1. The number of benzene rings is 2. The first-order valence-electron chi connectivity index (χ1n) is 7.86. The van der Waals surface area contributed by atoms with E-state index in [1.54, 1.807) is 7.11 Å². The van der Waals surface area contributed by atoms with Crippen molar-refractivity contribution in [3.05, 3.63) is 58.6 Å². The second kappa shape index (κ2) is 6.63. The topological polar surface area (TPSA) is 38.3 Å². The number of halogens is 1. The number of nitrogens with one attached hydrogen (secondary N) is 1. The molecular formula is C19H20ClNO2. The van der Waals surface area contributed by atoms with Crippen molar-refractivity contribution >= 4 is 23.2 Å². The van der Waals surface area contributed by atoms with Gasteiger partial charge in [-0.3, -0.25) is 4.79 Å². The van der Waals surface area contributed by atoms with Crippen LogP contribution in [-0.4, -0.2) is 13.0 Å². The van der Waals surface area contributed by atoms with Gasteiger partial charge >= 0.3 is 0 Å². The zero-order chi connectivity index (χ0) is 16.4. The summed E-state index contributed by atoms with van der Waals surface area (Å²) in [6, 6.07) is 13.6. The molecule has 4 heteroatoms. The second-order valence-electron chi connectivity index (χ2n) is 5.85. The van der Waals surface area contributed by atoms with Gasteiger partial charge in [-0.05, 0) is 54.2 Å². The fourth-order valence-electron chi connectivity index (χ4n) is 3.32. The van der Waals surface area contributed by atoms with Crippen molar-refractivity contribution in [2.24, 2.45) is 5.92 Å². The van der Waals surface area contributed by atoms with Crippen LogP contribution in [0.2, 0.25) is 5.02 Å². The van der Waals surface area contributed by atoms with Crippen LogP contribution in [-0.2, 0) is 11.2 Å². The van der Waals surface area contributed by atoms with Gasteiger partial charge in [0.05, 0.1) is 7.11 Å². The Bertz CT molecular complexity index is 712. The fraction of sp³-hybridized carbons (Fsp3) is 0.316. The van der Waals surface area contributed by atoms with Crippen LogP contribution in [0.25, 0.3) is 0 Å². The van der Waals surface area contributed by atoms with Gasteiger partial charge in [-0.15, -0.1) is 0 Å². The molecule has 1 N–H and O–H groups in total. The van der Waals surface area contributed by atoms with Crippen LogP contribution in [0.3, 0.4) is 0 Å². The van der Waals surface area contributed by atoms with Gasteiger partial charge in [-0.1, -0.05) is 36.7 Å². The highest BCUT2D eigenvalue weighted by Gasteiger charge is 2.33. The number of fused-ring (bicyclic) bond motifs is 1. The molecule has 1 heterocycles. The molecule has 0 radical (unpaired) electrons. The van der Waals surface area contributed by atoms with E-state index in [2.05, 4.69) is 12.2 Å². The number of carbonyl (C=O) groups is 1. The average molecular weight is 330 g/mol. The second-order valence-corrected chi connectivity index (χ2v) is 6.26. The minimum absolute atomic E-state index is 0.0642. The van der Waals surface area contributed by atoms with E-state index < -0.39 is 0 Å². The van der Waals surface area contributed by atoms with Gasteiger partial charge in [0.15, 0.2) is 0 Å². The lowest BCUT2D eigenvalue weighted by molar-refractivity contribution is -0.120. The van der Waals surface area contributed by atoms with Crippen LogP contribution in [0.15, 0.2) is 42.5 Å². The van der Waals surface area contributed by atoms with Crippen molar-refractivity contribution in [3.8, 4) is 5.75 Å². The summed E-state index contributed by atoms with van der Waals surface area (Å²) in [5.41, 5.74) is 2.98. The molecule has 23 heavy (non-hydrogen) atoms. The Labute approximate surface area is 141 Å². The molecule has 2 aromatic rings. The molecule has 0 saturated carbocycles. The smallest absolute Gasteiger partial charge is 0.228 e. The Morgan fingerprint density at radius 2 is 1.96 bits per heavy atom. The predicted octanol–water partition coefficient (Wildman–Crippen LogP) is 4.65. The first kappa shape index (κ1) is 15.9. The molecule has 120 valence electrons. The number of anilines is 1. The number of carbonyl (C=O) groups excluding carboxylic acids is 1. The molecule has 0 aromatic heterocycles. The van der Waals surface area contributed by atoms with Crippen molar-refractivity contribution in [1.29, 1.82) is 0 Å². The van der Waals surface area contributed by atoms with Crippen LogP contribution in [0.1, 0.15) is 30.4 Å². The van der Waals surface area contributed by atoms with Crippen LogP contribution < -0.4 is 10.1 Å². The minimum atomic E-state index is -0.0770. The van der Waals surface area contributed by atoms with Crippen LogP contribution >= 0.6 is 11.6 Å². The maximum absolute atomic E-state index is 12.6. The van der Waals surface area contributed by atoms with Gasteiger partial charge in [0.1, 0.15) is 5.75 Å². The largest absolute Gasteiger partial charge is 0.497 e. The average Bonchev–Trinajstić information content (AvgIpc) is 2.71. The van der Waals surface area contributed by atoms with Crippen LogP contribution in [0.4, 0.5) is 5.69 Å². The summed E-state index contributed by atoms with van der Waals surface area (Å²) in [5, 5.41) is 3.74. The standard InChI is InChI=1S/C19H20ClNO2/c1-3-14-15(12-7-9-13(23-2)10-8-12)11-16-17(20)5-4-6-18(16)21-19(14)22/h4-10,14-15H,3,11H2,1-2H3,(H,21,22). The van der Waals surface area contributed by atoms with Gasteiger partial charge < -0.3 is 10.1 Å². The Morgan fingerprint density at radius 1 is 1.22 bits per heavy atom. The van der Waals surface area contributed by atoms with E-state index in [-0.39, 0.29) is 17.7 Å². The molecule has 0 saturated heterocycles. The highest BCUT2D eigenvalue weighted by Crippen LogP contribution is 2.39. The van der Waals surface area contributed by atoms with Crippen LogP contribution in [0.5, 0.6) is 5.75 Å². The lowest BCUT2D eigenvalue weighted by Gasteiger charge is -2.23. The Kier molecular flexibility index (Phi) is 4.58. The molecule has 1 amide bonds. The van der Waals surface area contributed by atoms with E-state index in [0.717, 1.165) is 35.4 Å². The minimum Gasteiger partial charge on any atom is -0.497 e. The SMILES string of the molecule is CCC1C(=O)Nc2cccc(Cl)c2CC1c1ccc(OC)cc1. The van der Waals surface area contributed by atoms with E-state index in [4.69, 9.17) is 16.3 Å². The van der Waals surface area contributed by atoms with E-state index >= 15 is 0 Å². The van der Waals surface area contributed by atoms with E-state index in [1.165, 1.54) is 0 Å². The van der Waals surface area contributed by atoms with E-state index in [0.29, 0.717) is 5.02 Å². The molecule has 2 aromatic carbocycles. The molecule has 3 nitrogen and oxygen atoms in total. The van der Waals surface area contributed by atoms with Gasteiger partial charge in [0, 0.05) is 16.6 Å². The molecule has 3 rings (SSSR count). The maximum atomic E-state index is 12.6. The molecule has 1 aliphatic heterocycles. The Balaban J connectivity index is 2.04. The molecule has 0 aliphatic carbocycles. The van der Waals surface area contributed by atoms with Crippen LogP contribution in [0, 0.1) is 5.92 Å². The summed E-state index contributed by atoms with van der Waals surface area (Å²) in [7, 11) is 1.65. The summed E-state index contributed by atoms with van der Waals surface area (Å²) in [6.45, 7) is 2.05. The molecule has 2 unspecified atom stereocenters. The first-order chi connectivity index (χ1) is 11.1. The van der Waals surface area contributed by atoms with Gasteiger partial charge in [-0.25, -0.2) is 0 Å². The number of amides is 1. The predicted molar refractivity (Wildman–Crippen MR) is 93.3 cm³/mol. The summed E-state index contributed by atoms with van der Waals surface area (Å²) < 4.78 is 5.23. The van der Waals surface area contributed by atoms with Gasteiger partial charge in [0.25, 0.3) is 0 Å². The first-order valence-corrected chi connectivity index (χ1v) is 8.24. The molecule has 0 fully saturated rings. The third kappa shape index (κ3) is 3.06. The molecule has 0 spiro atoms. The van der Waals surface area contributed by atoms with Crippen molar-refractivity contribution in [3.63, 3.8) is 0 Å².